The van der Waals surface area contributed by atoms with E-state index in [2.05, 4.69) is 39.0 Å². The van der Waals surface area contributed by atoms with Gasteiger partial charge in [-0.25, -0.2) is 0 Å². The molecule has 2 heteroatoms. The smallest absolute Gasteiger partial charge is 0.106 e. The second-order valence-electron chi connectivity index (χ2n) is 5.09. The van der Waals surface area contributed by atoms with Crippen LogP contribution in [-0.2, 0) is 0 Å². The molecule has 1 aromatic heterocycles. The Morgan fingerprint density at radius 1 is 1.00 bits per heavy atom. The average molecular weight is 243 g/mol. The van der Waals surface area contributed by atoms with E-state index in [1.54, 1.807) is 0 Å². The Morgan fingerprint density at radius 2 is 1.67 bits per heavy atom. The van der Waals surface area contributed by atoms with Gasteiger partial charge in [0.25, 0.3) is 0 Å². The first-order valence-corrected chi connectivity index (χ1v) is 6.31. The Morgan fingerprint density at radius 3 is 2.22 bits per heavy atom. The minimum atomic E-state index is -0.109. The molecule has 18 heavy (non-hydrogen) atoms. The highest BCUT2D eigenvalue weighted by Crippen LogP contribution is 2.31. The molecule has 0 amide bonds. The van der Waals surface area contributed by atoms with Gasteiger partial charge in [0.2, 0.25) is 0 Å². The number of hydrogen-bond donors (Lipinski definition) is 1. The van der Waals surface area contributed by atoms with Crippen LogP contribution in [0, 0.1) is 34.6 Å². The number of aryl methyl sites for hydroxylation is 4. The Bertz CT molecular complexity index is 581. The summed E-state index contributed by atoms with van der Waals surface area (Å²) in [6.45, 7) is 10.2. The molecule has 0 saturated heterocycles. The fourth-order valence-corrected chi connectivity index (χ4v) is 2.52. The van der Waals surface area contributed by atoms with Gasteiger partial charge in [0, 0.05) is 5.56 Å². The van der Waals surface area contributed by atoms with Gasteiger partial charge < -0.3 is 10.2 Å². The third-order valence-electron chi connectivity index (χ3n) is 3.70. The fourth-order valence-electron chi connectivity index (χ4n) is 2.52. The molecule has 2 N–H and O–H groups in total. The molecular weight excluding hydrogens is 222 g/mol. The Balaban J connectivity index is 2.54. The quantitative estimate of drug-likeness (QED) is 0.869. The molecule has 1 heterocycles. The fraction of sp³-hybridized carbons (Fsp3) is 0.375. The van der Waals surface area contributed by atoms with Crippen LogP contribution >= 0.6 is 0 Å². The average Bonchev–Trinajstić information content (AvgIpc) is 2.56. The summed E-state index contributed by atoms with van der Waals surface area (Å²) in [5.74, 6) is 1.89. The van der Waals surface area contributed by atoms with Crippen molar-refractivity contribution >= 4 is 0 Å². The molecule has 0 radical (unpaired) electrons. The summed E-state index contributed by atoms with van der Waals surface area (Å²) in [4.78, 5) is 0. The summed E-state index contributed by atoms with van der Waals surface area (Å²) in [6.07, 6.45) is 0. The summed E-state index contributed by atoms with van der Waals surface area (Å²) in [6, 6.07) is 6.30. The van der Waals surface area contributed by atoms with Gasteiger partial charge in [-0.05, 0) is 51.3 Å². The maximum Gasteiger partial charge on any atom is 0.106 e. The van der Waals surface area contributed by atoms with Crippen molar-refractivity contribution in [3.63, 3.8) is 0 Å². The minimum Gasteiger partial charge on any atom is -0.466 e. The van der Waals surface area contributed by atoms with E-state index in [1.165, 1.54) is 22.3 Å². The summed E-state index contributed by atoms with van der Waals surface area (Å²) in [7, 11) is 0. The predicted molar refractivity (Wildman–Crippen MR) is 74.9 cm³/mol. The monoisotopic (exact) mass is 243 g/mol. The van der Waals surface area contributed by atoms with Crippen LogP contribution in [-0.4, -0.2) is 0 Å². The lowest BCUT2D eigenvalue weighted by atomic mass is 9.92. The van der Waals surface area contributed by atoms with Gasteiger partial charge in [-0.3, -0.25) is 0 Å². The number of furan rings is 1. The first-order chi connectivity index (χ1) is 8.41. The van der Waals surface area contributed by atoms with Crippen LogP contribution in [0.1, 0.15) is 45.4 Å². The molecule has 0 aliphatic heterocycles. The molecule has 1 aromatic carbocycles. The van der Waals surface area contributed by atoms with E-state index in [9.17, 15) is 0 Å². The molecule has 0 spiro atoms. The maximum atomic E-state index is 6.44. The molecule has 0 aliphatic carbocycles. The topological polar surface area (TPSA) is 39.2 Å². The first-order valence-electron chi connectivity index (χ1n) is 6.31. The molecule has 1 atom stereocenters. The van der Waals surface area contributed by atoms with Crippen LogP contribution in [0.2, 0.25) is 0 Å². The molecule has 1 unspecified atom stereocenters. The first kappa shape index (κ1) is 12.9. The van der Waals surface area contributed by atoms with Gasteiger partial charge in [-0.15, -0.1) is 0 Å². The van der Waals surface area contributed by atoms with Gasteiger partial charge >= 0.3 is 0 Å². The van der Waals surface area contributed by atoms with E-state index in [4.69, 9.17) is 10.2 Å². The van der Waals surface area contributed by atoms with Crippen molar-refractivity contribution in [2.45, 2.75) is 40.7 Å². The standard InChI is InChI=1S/C16H21NO/c1-9-6-7-10(2)14(8-9)16(17)15-11(3)12(4)18-13(15)5/h6-8,16H,17H2,1-5H3. The largest absolute Gasteiger partial charge is 0.466 e. The van der Waals surface area contributed by atoms with Crippen LogP contribution in [0.3, 0.4) is 0 Å². The number of benzene rings is 1. The zero-order valence-corrected chi connectivity index (χ0v) is 11.8. The Labute approximate surface area is 109 Å². The molecule has 0 aliphatic rings. The number of rotatable bonds is 2. The maximum absolute atomic E-state index is 6.44. The minimum absolute atomic E-state index is 0.109. The molecule has 0 bridgehead atoms. The third-order valence-corrected chi connectivity index (χ3v) is 3.70. The molecule has 2 aromatic rings. The SMILES string of the molecule is Cc1ccc(C)c(C(N)c2c(C)oc(C)c2C)c1. The van der Waals surface area contributed by atoms with Crippen LogP contribution in [0.5, 0.6) is 0 Å². The van der Waals surface area contributed by atoms with Crippen LogP contribution in [0.4, 0.5) is 0 Å². The third kappa shape index (κ3) is 2.08. The van der Waals surface area contributed by atoms with Crippen LogP contribution < -0.4 is 5.73 Å². The van der Waals surface area contributed by atoms with Crippen molar-refractivity contribution in [3.05, 3.63) is 57.5 Å². The zero-order valence-electron chi connectivity index (χ0n) is 11.8. The van der Waals surface area contributed by atoms with E-state index < -0.39 is 0 Å². The second-order valence-corrected chi connectivity index (χ2v) is 5.09. The van der Waals surface area contributed by atoms with Crippen molar-refractivity contribution in [1.82, 2.24) is 0 Å². The van der Waals surface area contributed by atoms with Crippen molar-refractivity contribution < 1.29 is 4.42 Å². The van der Waals surface area contributed by atoms with Crippen molar-refractivity contribution in [2.24, 2.45) is 5.73 Å². The van der Waals surface area contributed by atoms with Crippen LogP contribution in [0.25, 0.3) is 0 Å². The van der Waals surface area contributed by atoms with E-state index in [0.717, 1.165) is 17.1 Å². The molecule has 0 saturated carbocycles. The molecule has 96 valence electrons. The summed E-state index contributed by atoms with van der Waals surface area (Å²) in [5, 5.41) is 0. The normalized spacial score (nSPS) is 12.8. The van der Waals surface area contributed by atoms with Gasteiger partial charge in [-0.1, -0.05) is 23.8 Å². The van der Waals surface area contributed by atoms with Gasteiger partial charge in [-0.2, -0.15) is 0 Å². The lowest BCUT2D eigenvalue weighted by Gasteiger charge is -2.16. The van der Waals surface area contributed by atoms with Gasteiger partial charge in [0.05, 0.1) is 6.04 Å². The zero-order chi connectivity index (χ0) is 13.4. The predicted octanol–water partition coefficient (Wildman–Crippen LogP) is 3.87. The van der Waals surface area contributed by atoms with Crippen molar-refractivity contribution in [1.29, 1.82) is 0 Å². The Kier molecular flexibility index (Phi) is 3.31. The van der Waals surface area contributed by atoms with Crippen molar-refractivity contribution in [2.75, 3.05) is 0 Å². The Hall–Kier alpha value is -1.54. The van der Waals surface area contributed by atoms with E-state index >= 15 is 0 Å². The number of nitrogens with two attached hydrogens (primary N) is 1. The second kappa shape index (κ2) is 4.62. The molecule has 0 fully saturated rings. The lowest BCUT2D eigenvalue weighted by Crippen LogP contribution is -2.15. The highest BCUT2D eigenvalue weighted by atomic mass is 16.3. The lowest BCUT2D eigenvalue weighted by molar-refractivity contribution is 0.498. The van der Waals surface area contributed by atoms with Crippen molar-refractivity contribution in [3.8, 4) is 0 Å². The molecule has 2 rings (SSSR count). The summed E-state index contributed by atoms with van der Waals surface area (Å²) in [5.41, 5.74) is 12.4. The molecular formula is C16H21NO. The van der Waals surface area contributed by atoms with E-state index in [1.807, 2.05) is 13.8 Å². The van der Waals surface area contributed by atoms with Crippen LogP contribution in [0.15, 0.2) is 22.6 Å². The summed E-state index contributed by atoms with van der Waals surface area (Å²) < 4.78 is 5.68. The van der Waals surface area contributed by atoms with E-state index in [-0.39, 0.29) is 6.04 Å². The van der Waals surface area contributed by atoms with E-state index in [0.29, 0.717) is 0 Å². The van der Waals surface area contributed by atoms with Gasteiger partial charge in [0.15, 0.2) is 0 Å². The van der Waals surface area contributed by atoms with Gasteiger partial charge in [0.1, 0.15) is 11.5 Å². The highest BCUT2D eigenvalue weighted by molar-refractivity contribution is 5.43. The molecule has 2 nitrogen and oxygen atoms in total. The number of hydrogen-bond acceptors (Lipinski definition) is 2. The highest BCUT2D eigenvalue weighted by Gasteiger charge is 2.20. The summed E-state index contributed by atoms with van der Waals surface area (Å²) >= 11 is 0.